The Morgan fingerprint density at radius 2 is 2.19 bits per heavy atom. The molecule has 2 rings (SSSR count). The predicted octanol–water partition coefficient (Wildman–Crippen LogP) is 2.91. The summed E-state index contributed by atoms with van der Waals surface area (Å²) >= 11 is 1.55. The van der Waals surface area contributed by atoms with Gasteiger partial charge in [0.25, 0.3) is 0 Å². The molecule has 0 aliphatic heterocycles. The smallest absolute Gasteiger partial charge is 0.338 e. The maximum absolute atomic E-state index is 11.4. The van der Waals surface area contributed by atoms with Crippen LogP contribution in [0.5, 0.6) is 5.75 Å². The van der Waals surface area contributed by atoms with Gasteiger partial charge in [-0.1, -0.05) is 6.07 Å². The second kappa shape index (κ2) is 4.37. The van der Waals surface area contributed by atoms with E-state index >= 15 is 0 Å². The molecule has 2 aromatic rings. The molecule has 1 aromatic carbocycles. The maximum atomic E-state index is 11.4. The summed E-state index contributed by atoms with van der Waals surface area (Å²) in [4.78, 5) is 12.4. The van der Waals surface area contributed by atoms with Crippen LogP contribution in [-0.2, 0) is 4.74 Å². The Morgan fingerprint density at radius 3 is 2.81 bits per heavy atom. The normalized spacial score (nSPS) is 10.1. The number of thiophene rings is 1. The molecule has 0 atom stereocenters. The number of phenolic OH excluding ortho intramolecular Hbond substituents is 1. The standard InChI is InChI=1S/C12H10O3S/c1-15-12(14)9-5-8(6-10(13)7-9)11-3-2-4-16-11/h2-7,13H,1H3. The second-order valence-corrected chi connectivity index (χ2v) is 4.19. The summed E-state index contributed by atoms with van der Waals surface area (Å²) in [5.74, 6) is -0.389. The molecule has 0 bridgehead atoms. The quantitative estimate of drug-likeness (QED) is 0.813. The van der Waals surface area contributed by atoms with Crippen molar-refractivity contribution in [3.63, 3.8) is 0 Å². The number of aromatic hydroxyl groups is 1. The average Bonchev–Trinajstić information content (AvgIpc) is 2.80. The molecule has 4 heteroatoms. The van der Waals surface area contributed by atoms with Crippen LogP contribution in [0.3, 0.4) is 0 Å². The van der Waals surface area contributed by atoms with Gasteiger partial charge in [0.15, 0.2) is 0 Å². The monoisotopic (exact) mass is 234 g/mol. The molecule has 0 aliphatic carbocycles. The van der Waals surface area contributed by atoms with Crippen molar-refractivity contribution in [1.82, 2.24) is 0 Å². The van der Waals surface area contributed by atoms with E-state index in [0.717, 1.165) is 10.4 Å². The maximum Gasteiger partial charge on any atom is 0.338 e. The van der Waals surface area contributed by atoms with Crippen molar-refractivity contribution in [2.24, 2.45) is 0 Å². The molecule has 0 saturated carbocycles. The number of esters is 1. The van der Waals surface area contributed by atoms with Gasteiger partial charge < -0.3 is 9.84 Å². The number of phenols is 1. The molecule has 16 heavy (non-hydrogen) atoms. The summed E-state index contributed by atoms with van der Waals surface area (Å²) in [6, 6.07) is 8.57. The fourth-order valence-electron chi connectivity index (χ4n) is 1.43. The molecule has 3 nitrogen and oxygen atoms in total. The van der Waals surface area contributed by atoms with Gasteiger partial charge in [-0.2, -0.15) is 0 Å². The highest BCUT2D eigenvalue weighted by molar-refractivity contribution is 7.13. The minimum atomic E-state index is -0.450. The van der Waals surface area contributed by atoms with Crippen LogP contribution in [-0.4, -0.2) is 18.2 Å². The molecular formula is C12H10O3S. The van der Waals surface area contributed by atoms with Crippen molar-refractivity contribution in [2.75, 3.05) is 7.11 Å². The zero-order valence-electron chi connectivity index (χ0n) is 8.64. The van der Waals surface area contributed by atoms with Crippen LogP contribution in [0.1, 0.15) is 10.4 Å². The molecule has 0 saturated heterocycles. The molecule has 1 N–H and O–H groups in total. The van der Waals surface area contributed by atoms with Crippen LogP contribution in [0.15, 0.2) is 35.7 Å². The average molecular weight is 234 g/mol. The highest BCUT2D eigenvalue weighted by Crippen LogP contribution is 2.29. The van der Waals surface area contributed by atoms with E-state index in [1.165, 1.54) is 13.2 Å². The number of carbonyl (C=O) groups excluding carboxylic acids is 1. The highest BCUT2D eigenvalue weighted by atomic mass is 32.1. The number of hydrogen-bond acceptors (Lipinski definition) is 4. The Hall–Kier alpha value is -1.81. The van der Waals surface area contributed by atoms with Crippen molar-refractivity contribution in [3.8, 4) is 16.2 Å². The van der Waals surface area contributed by atoms with Crippen LogP contribution >= 0.6 is 11.3 Å². The molecule has 1 aromatic heterocycles. The molecule has 0 radical (unpaired) electrons. The number of ether oxygens (including phenoxy) is 1. The molecule has 0 amide bonds. The molecule has 0 fully saturated rings. The van der Waals surface area contributed by atoms with E-state index in [1.54, 1.807) is 23.5 Å². The van der Waals surface area contributed by atoms with Crippen molar-refractivity contribution in [2.45, 2.75) is 0 Å². The predicted molar refractivity (Wildman–Crippen MR) is 62.8 cm³/mol. The zero-order chi connectivity index (χ0) is 11.5. The van der Waals surface area contributed by atoms with Gasteiger partial charge in [0.05, 0.1) is 12.7 Å². The van der Waals surface area contributed by atoms with E-state index in [2.05, 4.69) is 4.74 Å². The van der Waals surface area contributed by atoms with Crippen LogP contribution in [0.4, 0.5) is 0 Å². The van der Waals surface area contributed by atoms with Crippen molar-refractivity contribution < 1.29 is 14.6 Å². The lowest BCUT2D eigenvalue weighted by molar-refractivity contribution is 0.0600. The van der Waals surface area contributed by atoms with E-state index in [1.807, 2.05) is 17.5 Å². The summed E-state index contributed by atoms with van der Waals surface area (Å²) in [5, 5.41) is 11.5. The molecular weight excluding hydrogens is 224 g/mol. The van der Waals surface area contributed by atoms with Crippen molar-refractivity contribution >= 4 is 17.3 Å². The van der Waals surface area contributed by atoms with Gasteiger partial charge in [0, 0.05) is 4.88 Å². The molecule has 0 aliphatic rings. The van der Waals surface area contributed by atoms with Crippen molar-refractivity contribution in [3.05, 3.63) is 41.3 Å². The summed E-state index contributed by atoms with van der Waals surface area (Å²) in [7, 11) is 1.32. The lowest BCUT2D eigenvalue weighted by atomic mass is 10.1. The van der Waals surface area contributed by atoms with Gasteiger partial charge in [0.2, 0.25) is 0 Å². The Labute approximate surface area is 96.9 Å². The number of rotatable bonds is 2. The number of methoxy groups -OCH3 is 1. The third-order valence-electron chi connectivity index (χ3n) is 2.14. The van der Waals surface area contributed by atoms with Gasteiger partial charge in [-0.3, -0.25) is 0 Å². The largest absolute Gasteiger partial charge is 0.508 e. The lowest BCUT2D eigenvalue weighted by Crippen LogP contribution is -2.00. The van der Waals surface area contributed by atoms with E-state index in [0.29, 0.717) is 5.56 Å². The third kappa shape index (κ3) is 2.06. The lowest BCUT2D eigenvalue weighted by Gasteiger charge is -2.03. The fourth-order valence-corrected chi connectivity index (χ4v) is 2.15. The first-order valence-corrected chi connectivity index (χ1v) is 5.55. The third-order valence-corrected chi connectivity index (χ3v) is 3.06. The Kier molecular flexibility index (Phi) is 2.92. The van der Waals surface area contributed by atoms with Gasteiger partial charge in [-0.05, 0) is 35.2 Å². The first kappa shape index (κ1) is 10.7. The van der Waals surface area contributed by atoms with Crippen LogP contribution in [0.25, 0.3) is 10.4 Å². The number of carbonyl (C=O) groups is 1. The van der Waals surface area contributed by atoms with E-state index in [4.69, 9.17) is 0 Å². The van der Waals surface area contributed by atoms with Crippen LogP contribution in [0.2, 0.25) is 0 Å². The Balaban J connectivity index is 2.48. The molecule has 1 heterocycles. The van der Waals surface area contributed by atoms with Gasteiger partial charge in [-0.25, -0.2) is 4.79 Å². The number of hydrogen-bond donors (Lipinski definition) is 1. The van der Waals surface area contributed by atoms with E-state index in [-0.39, 0.29) is 5.75 Å². The highest BCUT2D eigenvalue weighted by Gasteiger charge is 2.09. The Bertz CT molecular complexity index is 503. The van der Waals surface area contributed by atoms with E-state index in [9.17, 15) is 9.90 Å². The molecule has 82 valence electrons. The molecule has 0 spiro atoms. The first-order chi connectivity index (χ1) is 7.70. The van der Waals surface area contributed by atoms with E-state index < -0.39 is 5.97 Å². The minimum Gasteiger partial charge on any atom is -0.508 e. The topological polar surface area (TPSA) is 46.5 Å². The van der Waals surface area contributed by atoms with Gasteiger partial charge >= 0.3 is 5.97 Å². The summed E-state index contributed by atoms with van der Waals surface area (Å²) in [6.07, 6.45) is 0. The van der Waals surface area contributed by atoms with Gasteiger partial charge in [-0.15, -0.1) is 11.3 Å². The van der Waals surface area contributed by atoms with Gasteiger partial charge in [0.1, 0.15) is 5.75 Å². The van der Waals surface area contributed by atoms with Crippen molar-refractivity contribution in [1.29, 1.82) is 0 Å². The zero-order valence-corrected chi connectivity index (χ0v) is 9.45. The Morgan fingerprint density at radius 1 is 1.38 bits per heavy atom. The summed E-state index contributed by atoms with van der Waals surface area (Å²) in [6.45, 7) is 0. The second-order valence-electron chi connectivity index (χ2n) is 3.24. The fraction of sp³-hybridized carbons (Fsp3) is 0.0833. The SMILES string of the molecule is COC(=O)c1cc(O)cc(-c2cccs2)c1. The van der Waals surface area contributed by atoms with Crippen LogP contribution in [0, 0.1) is 0 Å². The first-order valence-electron chi connectivity index (χ1n) is 4.67. The summed E-state index contributed by atoms with van der Waals surface area (Å²) in [5.41, 5.74) is 1.17. The minimum absolute atomic E-state index is 0.0614. The number of benzene rings is 1. The summed E-state index contributed by atoms with van der Waals surface area (Å²) < 4.78 is 4.62. The van der Waals surface area contributed by atoms with Crippen LogP contribution < -0.4 is 0 Å². The molecule has 0 unspecified atom stereocenters.